The van der Waals surface area contributed by atoms with Gasteiger partial charge in [0.05, 0.1) is 13.2 Å². The molecule has 4 aromatic rings. The van der Waals surface area contributed by atoms with Crippen molar-refractivity contribution in [3.05, 3.63) is 108 Å². The van der Waals surface area contributed by atoms with Crippen molar-refractivity contribution in [3.8, 4) is 11.5 Å². The zero-order valence-corrected chi connectivity index (χ0v) is 46.7. The highest BCUT2D eigenvalue weighted by atomic mass is 19.4. The number of nitrogens with one attached hydrogen (secondary N) is 4. The number of hydrogen-bond acceptors (Lipinski definition) is 14. The second-order valence-corrected chi connectivity index (χ2v) is 18.7. The molecule has 0 radical (unpaired) electrons. The van der Waals surface area contributed by atoms with E-state index >= 15 is 0 Å². The van der Waals surface area contributed by atoms with E-state index in [9.17, 15) is 54.3 Å². The number of benzene rings is 2. The molecule has 2 aromatic carbocycles. The van der Waals surface area contributed by atoms with Crippen molar-refractivity contribution in [1.29, 1.82) is 0 Å². The molecule has 18 nitrogen and oxygen atoms in total. The van der Waals surface area contributed by atoms with E-state index in [1.165, 1.54) is 68.0 Å². The van der Waals surface area contributed by atoms with Gasteiger partial charge in [0, 0.05) is 75.4 Å². The fraction of sp³-hybridized carbons (Fsp3) is 0.536. The Bertz CT molecular complexity index is 2440. The zero-order valence-electron chi connectivity index (χ0n) is 46.7. The molecule has 8 N–H and O–H groups in total. The summed E-state index contributed by atoms with van der Waals surface area (Å²) in [6.45, 7) is 9.85. The van der Waals surface area contributed by atoms with E-state index in [2.05, 4.69) is 31.2 Å². The second kappa shape index (κ2) is 35.4. The van der Waals surface area contributed by atoms with E-state index in [4.69, 9.17) is 39.9 Å². The average Bonchev–Trinajstić information content (AvgIpc) is 4.19. The van der Waals surface area contributed by atoms with Gasteiger partial charge in [-0.1, -0.05) is 26.0 Å². The summed E-state index contributed by atoms with van der Waals surface area (Å²) in [6.07, 6.45) is -4.25. The molecular formula is C56H76F8N8O10. The molecule has 4 amide bonds. The van der Waals surface area contributed by atoms with Crippen molar-refractivity contribution >= 4 is 35.0 Å². The minimum Gasteiger partial charge on any atom is -0.497 e. The molecule has 2 aromatic heterocycles. The smallest absolute Gasteiger partial charge is 0.417 e. The molecule has 3 aliphatic rings. The molecule has 0 bridgehead atoms. The average molecular weight is 1170 g/mol. The van der Waals surface area contributed by atoms with Crippen LogP contribution in [-0.2, 0) is 28.5 Å². The highest BCUT2D eigenvalue weighted by Crippen LogP contribution is 2.44. The number of nitrogens with zero attached hydrogens (tertiary/aromatic N) is 2. The maximum absolute atomic E-state index is 13.0. The molecule has 2 unspecified atom stereocenters. The van der Waals surface area contributed by atoms with Gasteiger partial charge >= 0.3 is 12.4 Å². The Hall–Kier alpha value is -6.58. The van der Waals surface area contributed by atoms with Gasteiger partial charge in [-0.05, 0) is 140 Å². The summed E-state index contributed by atoms with van der Waals surface area (Å²) in [5.74, 6) is -1.57. The van der Waals surface area contributed by atoms with E-state index in [0.717, 1.165) is 39.5 Å². The first kappa shape index (κ1) is 69.7. The third-order valence-corrected chi connectivity index (χ3v) is 12.0. The van der Waals surface area contributed by atoms with E-state index in [1.54, 1.807) is 24.3 Å². The number of alkyl halides is 6. The molecule has 4 heterocycles. The highest BCUT2D eigenvalue weighted by Gasteiger charge is 2.58. The van der Waals surface area contributed by atoms with Crippen LogP contribution in [0.1, 0.15) is 113 Å². The monoisotopic (exact) mass is 1170 g/mol. The van der Waals surface area contributed by atoms with Crippen LogP contribution in [0.3, 0.4) is 0 Å². The third kappa shape index (κ3) is 24.9. The van der Waals surface area contributed by atoms with E-state index in [1.807, 2.05) is 13.8 Å². The topological polar surface area (TPSA) is 250 Å². The highest BCUT2D eigenvalue weighted by molar-refractivity contribution is 5.98. The Labute approximate surface area is 472 Å². The van der Waals surface area contributed by atoms with Crippen molar-refractivity contribution in [2.75, 3.05) is 70.3 Å². The summed E-state index contributed by atoms with van der Waals surface area (Å²) in [7, 11) is 1.51. The summed E-state index contributed by atoms with van der Waals surface area (Å²) in [4.78, 5) is 56.8. The first-order valence-electron chi connectivity index (χ1n) is 26.9. The van der Waals surface area contributed by atoms with Crippen LogP contribution in [0.5, 0.6) is 11.5 Å². The van der Waals surface area contributed by atoms with Crippen LogP contribution >= 0.6 is 0 Å². The molecule has 1 aliphatic carbocycles. The van der Waals surface area contributed by atoms with Gasteiger partial charge in [0.25, 0.3) is 23.6 Å². The Morgan fingerprint density at radius 1 is 0.610 bits per heavy atom. The van der Waals surface area contributed by atoms with Gasteiger partial charge in [-0.2, -0.15) is 26.3 Å². The molecule has 7 rings (SSSR count). The Morgan fingerprint density at radius 2 is 1.01 bits per heavy atom. The van der Waals surface area contributed by atoms with Crippen molar-refractivity contribution < 1.29 is 82.7 Å². The molecule has 4 atom stereocenters. The van der Waals surface area contributed by atoms with Gasteiger partial charge < -0.3 is 61.2 Å². The first-order valence-corrected chi connectivity index (χ1v) is 26.9. The molecule has 2 aliphatic heterocycles. The van der Waals surface area contributed by atoms with Crippen LogP contribution in [0.2, 0.25) is 0 Å². The fourth-order valence-corrected chi connectivity index (χ4v) is 7.19. The molecule has 26 heteroatoms. The molecule has 0 spiro atoms. The number of carbonyl (C=O) groups excluding carboxylic acids is 4. The van der Waals surface area contributed by atoms with Gasteiger partial charge in [-0.25, -0.2) is 8.78 Å². The normalized spacial score (nSPS) is 19.0. The van der Waals surface area contributed by atoms with Gasteiger partial charge in [-0.3, -0.25) is 29.1 Å². The molecule has 456 valence electrons. The summed E-state index contributed by atoms with van der Waals surface area (Å²) in [5.41, 5.74) is 6.67. The quantitative estimate of drug-likeness (QED) is 0.0299. The summed E-state index contributed by atoms with van der Waals surface area (Å²) in [5, 5.41) is 10.3. The number of pyridine rings is 2. The van der Waals surface area contributed by atoms with Crippen molar-refractivity contribution in [3.63, 3.8) is 0 Å². The van der Waals surface area contributed by atoms with Gasteiger partial charge in [-0.15, -0.1) is 0 Å². The number of aromatic nitrogens is 2. The summed E-state index contributed by atoms with van der Waals surface area (Å²) in [6, 6.07) is 17.9. The van der Waals surface area contributed by atoms with Gasteiger partial charge in [0.1, 0.15) is 46.7 Å². The zero-order chi connectivity index (χ0) is 60.8. The van der Waals surface area contributed by atoms with Crippen LogP contribution < -0.4 is 42.2 Å². The third-order valence-electron chi connectivity index (χ3n) is 12.0. The number of halogens is 8. The lowest BCUT2D eigenvalue weighted by Crippen LogP contribution is -2.43. The predicted octanol–water partition coefficient (Wildman–Crippen LogP) is 9.24. The number of anilines is 2. The fourth-order valence-electron chi connectivity index (χ4n) is 7.19. The Kier molecular flexibility index (Phi) is 30.1. The minimum absolute atomic E-state index is 0.0480. The number of amides is 4. The number of ether oxygens (including phenoxy) is 6. The number of nitrogens with two attached hydrogens (primary N) is 2. The second-order valence-electron chi connectivity index (χ2n) is 18.7. The van der Waals surface area contributed by atoms with Crippen LogP contribution in [0, 0.1) is 11.6 Å². The number of rotatable bonds is 23. The summed E-state index contributed by atoms with van der Waals surface area (Å²) < 4.78 is 134. The first-order chi connectivity index (χ1) is 39.0. The van der Waals surface area contributed by atoms with Crippen molar-refractivity contribution in [2.45, 2.75) is 134 Å². The molecule has 2 saturated heterocycles. The van der Waals surface area contributed by atoms with Crippen LogP contribution in [0.15, 0.2) is 85.2 Å². The SMILES string of the molecule is CC.COc1cccc(F)c1.C[C@]1(C(F)(F)F)CCC(C(=O)Nc2ccnc(C(=O)NCCCOCCCN)c2)O1.C[C@]1(C(F)(F)F)CCC(C(=O)Nc2ccnc(C(=O)NCCCOCCCN)c2)O1.Fc1cccc(OC2CC2)c1. The number of methoxy groups -OCH3 is 1. The maximum atomic E-state index is 13.0. The molecular weight excluding hydrogens is 1100 g/mol. The molecule has 1 saturated carbocycles. The molecule has 82 heavy (non-hydrogen) atoms. The lowest BCUT2D eigenvalue weighted by atomic mass is 10.0. The lowest BCUT2D eigenvalue weighted by Gasteiger charge is -2.27. The van der Waals surface area contributed by atoms with Crippen LogP contribution in [-0.4, -0.2) is 135 Å². The lowest BCUT2D eigenvalue weighted by molar-refractivity contribution is -0.262. The largest absolute Gasteiger partial charge is 0.497 e. The van der Waals surface area contributed by atoms with Crippen molar-refractivity contribution in [2.24, 2.45) is 11.5 Å². The Morgan fingerprint density at radius 3 is 1.37 bits per heavy atom. The Balaban J connectivity index is 0.000000314. The predicted molar refractivity (Wildman–Crippen MR) is 290 cm³/mol. The summed E-state index contributed by atoms with van der Waals surface area (Å²) >= 11 is 0. The molecule has 3 fully saturated rings. The van der Waals surface area contributed by atoms with E-state index in [-0.39, 0.29) is 60.1 Å². The van der Waals surface area contributed by atoms with Gasteiger partial charge in [0.2, 0.25) is 0 Å². The van der Waals surface area contributed by atoms with Crippen LogP contribution in [0.4, 0.5) is 46.5 Å². The standard InChI is InChI=1S/2C19H27F3N4O4.C9H9FO.C7H7FO.C2H6/c2*1-18(19(20,21)22)6-4-15(30-18)17(28)26-13-5-9-24-14(12-13)16(27)25-8-3-11-29-10-2-7-23;10-7-2-1-3-9(6-7)11-8-4-5-8;1-9-7-4-2-3-6(8)5-7;1-2/h2*5,9,12,15H,2-4,6-8,10-11,23H2,1H3,(H,25,27)(H,24,26,28);1-3,6,8H,4-5H2;2-5H,1H3;1-2H3/t2*15?,18-;;;/m11.../s1. The minimum atomic E-state index is -4.56. The van der Waals surface area contributed by atoms with E-state index < -0.39 is 59.4 Å². The number of hydrogen-bond donors (Lipinski definition) is 6. The number of carbonyl (C=O) groups is 4. The van der Waals surface area contributed by atoms with E-state index in [0.29, 0.717) is 83.1 Å². The van der Waals surface area contributed by atoms with Crippen LogP contribution in [0.25, 0.3) is 0 Å². The van der Waals surface area contributed by atoms with Gasteiger partial charge in [0.15, 0.2) is 11.2 Å². The van der Waals surface area contributed by atoms with Crippen molar-refractivity contribution in [1.82, 2.24) is 20.6 Å². The maximum Gasteiger partial charge on any atom is 0.417 e.